The average molecular weight is 358 g/mol. The molecule has 0 bridgehead atoms. The maximum absolute atomic E-state index is 12.7. The average Bonchev–Trinajstić information content (AvgIpc) is 2.93. The summed E-state index contributed by atoms with van der Waals surface area (Å²) in [7, 11) is 0. The maximum Gasteiger partial charge on any atom is 0.268 e. The van der Waals surface area contributed by atoms with Crippen LogP contribution < -0.4 is 5.32 Å². The van der Waals surface area contributed by atoms with Gasteiger partial charge in [-0.2, -0.15) is 0 Å². The van der Waals surface area contributed by atoms with Crippen LogP contribution >= 0.6 is 0 Å². The number of benzene rings is 1. The van der Waals surface area contributed by atoms with Crippen LogP contribution in [0.1, 0.15) is 57.9 Å². The van der Waals surface area contributed by atoms with Crippen molar-refractivity contribution in [3.8, 4) is 5.75 Å². The van der Waals surface area contributed by atoms with Crippen LogP contribution in [-0.4, -0.2) is 39.5 Å². The van der Waals surface area contributed by atoms with Crippen LogP contribution in [0.2, 0.25) is 0 Å². The van der Waals surface area contributed by atoms with Crippen LogP contribution in [0.4, 0.5) is 0 Å². The summed E-state index contributed by atoms with van der Waals surface area (Å²) in [4.78, 5) is 27.7. The van der Waals surface area contributed by atoms with Crippen molar-refractivity contribution in [1.82, 2.24) is 10.3 Å². The largest absolute Gasteiger partial charge is 0.508 e. The first-order valence-electron chi connectivity index (χ1n) is 8.79. The lowest BCUT2D eigenvalue weighted by Gasteiger charge is -2.17. The number of hydrogen-bond acceptors (Lipinski definition) is 4. The van der Waals surface area contributed by atoms with Crippen molar-refractivity contribution in [3.63, 3.8) is 0 Å². The van der Waals surface area contributed by atoms with Gasteiger partial charge < -0.3 is 20.5 Å². The minimum Gasteiger partial charge on any atom is -0.508 e. The van der Waals surface area contributed by atoms with Gasteiger partial charge in [0.25, 0.3) is 5.91 Å². The molecule has 0 aliphatic heterocycles. The van der Waals surface area contributed by atoms with Crippen molar-refractivity contribution in [2.45, 2.75) is 46.1 Å². The molecule has 2 rings (SSSR count). The lowest BCUT2D eigenvalue weighted by Crippen LogP contribution is -2.39. The summed E-state index contributed by atoms with van der Waals surface area (Å²) in [6.07, 6.45) is 1.88. The monoisotopic (exact) mass is 358 g/mol. The summed E-state index contributed by atoms with van der Waals surface area (Å²) in [5.74, 6) is -0.230. The number of rotatable bonds is 8. The number of phenolic OH excluding ortho intramolecular Hbond substituents is 1. The predicted octanol–water partition coefficient (Wildman–Crippen LogP) is 2.52. The number of amides is 1. The Kier molecular flexibility index (Phi) is 6.58. The molecule has 140 valence electrons. The second kappa shape index (κ2) is 8.67. The Labute approximate surface area is 153 Å². The minimum absolute atomic E-state index is 0.0657. The Balaban J connectivity index is 2.20. The summed E-state index contributed by atoms with van der Waals surface area (Å²) >= 11 is 0. The SMILES string of the molecule is CCCc1c(C(=O)N[C@@H](CO)Cc2ccc(O)cc2)[nH]c(C)c1C(C)=O. The summed E-state index contributed by atoms with van der Waals surface area (Å²) < 4.78 is 0. The van der Waals surface area contributed by atoms with Crippen LogP contribution in [-0.2, 0) is 12.8 Å². The molecule has 1 amide bonds. The Hall–Kier alpha value is -2.60. The van der Waals surface area contributed by atoms with E-state index in [1.807, 2.05) is 6.92 Å². The van der Waals surface area contributed by atoms with E-state index < -0.39 is 6.04 Å². The molecule has 26 heavy (non-hydrogen) atoms. The van der Waals surface area contributed by atoms with E-state index in [1.54, 1.807) is 31.2 Å². The second-order valence-corrected chi connectivity index (χ2v) is 6.51. The highest BCUT2D eigenvalue weighted by Gasteiger charge is 2.23. The Morgan fingerprint density at radius 1 is 1.23 bits per heavy atom. The number of hydrogen-bond donors (Lipinski definition) is 4. The van der Waals surface area contributed by atoms with Gasteiger partial charge in [-0.15, -0.1) is 0 Å². The molecule has 0 radical (unpaired) electrons. The first-order valence-corrected chi connectivity index (χ1v) is 8.79. The smallest absolute Gasteiger partial charge is 0.268 e. The fourth-order valence-electron chi connectivity index (χ4n) is 3.18. The highest BCUT2D eigenvalue weighted by Crippen LogP contribution is 2.21. The van der Waals surface area contributed by atoms with Crippen LogP contribution in [0.15, 0.2) is 24.3 Å². The van der Waals surface area contributed by atoms with Gasteiger partial charge in [0.15, 0.2) is 5.78 Å². The molecule has 1 aromatic heterocycles. The lowest BCUT2D eigenvalue weighted by atomic mass is 10.0. The number of carbonyl (C=O) groups excluding carboxylic acids is 2. The summed E-state index contributed by atoms with van der Waals surface area (Å²) in [6, 6.07) is 6.17. The molecule has 0 spiro atoms. The number of ketones is 1. The molecular weight excluding hydrogens is 332 g/mol. The third kappa shape index (κ3) is 4.52. The quantitative estimate of drug-likeness (QED) is 0.545. The molecule has 0 saturated heterocycles. The normalized spacial score (nSPS) is 12.0. The number of aromatic amines is 1. The van der Waals surface area contributed by atoms with Gasteiger partial charge >= 0.3 is 0 Å². The number of aliphatic hydroxyl groups excluding tert-OH is 1. The lowest BCUT2D eigenvalue weighted by molar-refractivity contribution is 0.0911. The Bertz CT molecular complexity index is 778. The van der Waals surface area contributed by atoms with Crippen molar-refractivity contribution in [2.75, 3.05) is 6.61 Å². The van der Waals surface area contributed by atoms with E-state index in [9.17, 15) is 19.8 Å². The fraction of sp³-hybridized carbons (Fsp3) is 0.400. The van der Waals surface area contributed by atoms with E-state index in [2.05, 4.69) is 10.3 Å². The van der Waals surface area contributed by atoms with E-state index in [-0.39, 0.29) is 24.0 Å². The molecule has 0 aliphatic carbocycles. The second-order valence-electron chi connectivity index (χ2n) is 6.51. The number of aromatic hydroxyl groups is 1. The number of aliphatic hydroxyl groups is 1. The summed E-state index contributed by atoms with van der Waals surface area (Å²) in [5.41, 5.74) is 3.28. The molecule has 0 fully saturated rings. The third-order valence-electron chi connectivity index (χ3n) is 4.34. The minimum atomic E-state index is -0.467. The van der Waals surface area contributed by atoms with Gasteiger partial charge in [-0.05, 0) is 49.9 Å². The van der Waals surface area contributed by atoms with E-state index in [4.69, 9.17) is 0 Å². The third-order valence-corrected chi connectivity index (χ3v) is 4.34. The number of carbonyl (C=O) groups is 2. The molecular formula is C20H26N2O4. The van der Waals surface area contributed by atoms with Gasteiger partial charge in [0.2, 0.25) is 0 Å². The van der Waals surface area contributed by atoms with Crippen molar-refractivity contribution < 1.29 is 19.8 Å². The highest BCUT2D eigenvalue weighted by atomic mass is 16.3. The van der Waals surface area contributed by atoms with Crippen molar-refractivity contribution in [3.05, 3.63) is 52.3 Å². The fourth-order valence-corrected chi connectivity index (χ4v) is 3.18. The Morgan fingerprint density at radius 3 is 2.42 bits per heavy atom. The highest BCUT2D eigenvalue weighted by molar-refractivity contribution is 6.02. The molecule has 4 N–H and O–H groups in total. The first-order chi connectivity index (χ1) is 12.4. The number of aryl methyl sites for hydroxylation is 1. The molecule has 0 unspecified atom stereocenters. The number of H-pyrrole nitrogens is 1. The van der Waals surface area contributed by atoms with E-state index in [0.29, 0.717) is 29.8 Å². The predicted molar refractivity (Wildman–Crippen MR) is 99.7 cm³/mol. The molecule has 0 aliphatic rings. The van der Waals surface area contributed by atoms with Gasteiger partial charge in [-0.3, -0.25) is 9.59 Å². The number of aromatic nitrogens is 1. The molecule has 2 aromatic rings. The van der Waals surface area contributed by atoms with Crippen LogP contribution in [0, 0.1) is 6.92 Å². The molecule has 1 aromatic carbocycles. The standard InChI is InChI=1S/C20H26N2O4/c1-4-5-17-18(13(3)24)12(2)21-19(17)20(26)22-15(11-23)10-14-6-8-16(25)9-7-14/h6-9,15,21,23,25H,4-5,10-11H2,1-3H3,(H,22,26)/t15-/m1/s1. The first kappa shape index (κ1) is 19.7. The van der Waals surface area contributed by atoms with Crippen molar-refractivity contribution >= 4 is 11.7 Å². The molecule has 6 heteroatoms. The van der Waals surface area contributed by atoms with Crippen LogP contribution in [0.25, 0.3) is 0 Å². The van der Waals surface area contributed by atoms with E-state index in [1.165, 1.54) is 6.92 Å². The zero-order valence-corrected chi connectivity index (χ0v) is 15.4. The molecule has 1 heterocycles. The zero-order valence-electron chi connectivity index (χ0n) is 15.4. The number of Topliss-reactive ketones (excluding diaryl/α,β-unsaturated/α-hetero) is 1. The Morgan fingerprint density at radius 2 is 1.88 bits per heavy atom. The summed E-state index contributed by atoms with van der Waals surface area (Å²) in [6.45, 7) is 5.06. The maximum atomic E-state index is 12.7. The summed E-state index contributed by atoms with van der Waals surface area (Å²) in [5, 5.41) is 21.8. The van der Waals surface area contributed by atoms with Gasteiger partial charge in [-0.1, -0.05) is 25.5 Å². The molecule has 6 nitrogen and oxygen atoms in total. The van der Waals surface area contributed by atoms with Crippen molar-refractivity contribution in [2.24, 2.45) is 0 Å². The zero-order chi connectivity index (χ0) is 19.3. The van der Waals surface area contributed by atoms with Gasteiger partial charge in [0, 0.05) is 11.3 Å². The topological polar surface area (TPSA) is 102 Å². The van der Waals surface area contributed by atoms with E-state index in [0.717, 1.165) is 17.5 Å². The van der Waals surface area contributed by atoms with Crippen LogP contribution in [0.5, 0.6) is 5.75 Å². The van der Waals surface area contributed by atoms with E-state index >= 15 is 0 Å². The molecule has 0 saturated carbocycles. The van der Waals surface area contributed by atoms with Gasteiger partial charge in [0.1, 0.15) is 11.4 Å². The van der Waals surface area contributed by atoms with Gasteiger partial charge in [-0.25, -0.2) is 0 Å². The van der Waals surface area contributed by atoms with Crippen molar-refractivity contribution in [1.29, 1.82) is 0 Å². The molecule has 1 atom stereocenters. The number of nitrogens with one attached hydrogen (secondary N) is 2. The number of phenols is 1. The van der Waals surface area contributed by atoms with Gasteiger partial charge in [0.05, 0.1) is 12.6 Å². The van der Waals surface area contributed by atoms with Crippen LogP contribution in [0.3, 0.4) is 0 Å².